The number of carbonyl (C=O) groups excluding carboxylic acids is 1. The van der Waals surface area contributed by atoms with Crippen LogP contribution in [0.3, 0.4) is 0 Å². The number of piperidine rings is 1. The van der Waals surface area contributed by atoms with Crippen LogP contribution < -0.4 is 4.74 Å². The number of likely N-dealkylation sites (tertiary alicyclic amines) is 1. The number of hydrogen-bond acceptors (Lipinski definition) is 2. The Balaban J connectivity index is 1.94. The van der Waals surface area contributed by atoms with Crippen molar-refractivity contribution in [3.63, 3.8) is 0 Å². The normalized spacial score (nSPS) is 17.3. The summed E-state index contributed by atoms with van der Waals surface area (Å²) in [6.07, 6.45) is 2.94. The van der Waals surface area contributed by atoms with E-state index in [1.165, 1.54) is 6.42 Å². The molecule has 0 aromatic heterocycles. The molecular formula is C14H18ClNO2. The smallest absolute Gasteiger partial charge is 0.263 e. The molecule has 0 aliphatic carbocycles. The number of hydrogen-bond donors (Lipinski definition) is 0. The first kappa shape index (κ1) is 13.2. The Hall–Kier alpha value is -1.22. The molecule has 1 atom stereocenters. The number of amides is 1. The Bertz CT molecular complexity index is 416. The predicted octanol–water partition coefficient (Wildman–Crippen LogP) is 3.12. The average Bonchev–Trinajstić information content (AvgIpc) is 2.39. The Morgan fingerprint density at radius 3 is 2.72 bits per heavy atom. The Morgan fingerprint density at radius 2 is 2.06 bits per heavy atom. The van der Waals surface area contributed by atoms with Crippen LogP contribution in [0.15, 0.2) is 24.3 Å². The van der Waals surface area contributed by atoms with E-state index in [1.54, 1.807) is 19.1 Å². The van der Waals surface area contributed by atoms with Crippen molar-refractivity contribution in [2.24, 2.45) is 0 Å². The number of ether oxygens (including phenoxy) is 1. The Labute approximate surface area is 113 Å². The highest BCUT2D eigenvalue weighted by atomic mass is 35.5. The van der Waals surface area contributed by atoms with E-state index in [0.29, 0.717) is 10.8 Å². The van der Waals surface area contributed by atoms with E-state index in [4.69, 9.17) is 16.3 Å². The van der Waals surface area contributed by atoms with Gasteiger partial charge in [0.25, 0.3) is 5.91 Å². The highest BCUT2D eigenvalue weighted by Gasteiger charge is 2.23. The highest BCUT2D eigenvalue weighted by molar-refractivity contribution is 6.30. The van der Waals surface area contributed by atoms with Gasteiger partial charge in [0, 0.05) is 18.1 Å². The number of nitrogens with zero attached hydrogens (tertiary/aromatic N) is 1. The van der Waals surface area contributed by atoms with Crippen LogP contribution in [-0.4, -0.2) is 30.0 Å². The third kappa shape index (κ3) is 3.39. The number of benzene rings is 1. The molecule has 1 heterocycles. The van der Waals surface area contributed by atoms with Gasteiger partial charge in [-0.25, -0.2) is 0 Å². The third-order valence-electron chi connectivity index (χ3n) is 3.12. The molecule has 2 rings (SSSR count). The molecule has 1 amide bonds. The van der Waals surface area contributed by atoms with Crippen LogP contribution in [0.1, 0.15) is 26.2 Å². The second-order valence-corrected chi connectivity index (χ2v) is 5.04. The Kier molecular flexibility index (Phi) is 4.48. The van der Waals surface area contributed by atoms with Crippen molar-refractivity contribution < 1.29 is 9.53 Å². The molecule has 0 radical (unpaired) electrons. The third-order valence-corrected chi connectivity index (χ3v) is 3.36. The summed E-state index contributed by atoms with van der Waals surface area (Å²) in [5.41, 5.74) is 0. The molecule has 1 fully saturated rings. The maximum Gasteiger partial charge on any atom is 0.263 e. The molecule has 1 aromatic rings. The SMILES string of the molecule is C[C@H](Oc1cccc(Cl)c1)C(=O)N1CCCCC1. The second-order valence-electron chi connectivity index (χ2n) is 4.60. The molecule has 4 heteroatoms. The van der Waals surface area contributed by atoms with Gasteiger partial charge in [0.05, 0.1) is 0 Å². The molecule has 1 aliphatic rings. The molecule has 0 saturated carbocycles. The van der Waals surface area contributed by atoms with Crippen molar-refractivity contribution in [2.45, 2.75) is 32.3 Å². The van der Waals surface area contributed by atoms with Crippen LogP contribution >= 0.6 is 11.6 Å². The lowest BCUT2D eigenvalue weighted by atomic mass is 10.1. The summed E-state index contributed by atoms with van der Waals surface area (Å²) >= 11 is 5.88. The lowest BCUT2D eigenvalue weighted by Gasteiger charge is -2.29. The molecule has 3 nitrogen and oxygen atoms in total. The van der Waals surface area contributed by atoms with Crippen molar-refractivity contribution in [3.05, 3.63) is 29.3 Å². The second kappa shape index (κ2) is 6.10. The van der Waals surface area contributed by atoms with Gasteiger partial charge in [-0.3, -0.25) is 4.79 Å². The monoisotopic (exact) mass is 267 g/mol. The summed E-state index contributed by atoms with van der Waals surface area (Å²) in [5, 5.41) is 0.616. The fourth-order valence-electron chi connectivity index (χ4n) is 2.17. The van der Waals surface area contributed by atoms with Crippen LogP contribution in [0.2, 0.25) is 5.02 Å². The van der Waals surface area contributed by atoms with Crippen LogP contribution in [0.25, 0.3) is 0 Å². The minimum Gasteiger partial charge on any atom is -0.481 e. The summed E-state index contributed by atoms with van der Waals surface area (Å²) in [6, 6.07) is 7.13. The molecule has 1 aliphatic heterocycles. The standard InChI is InChI=1S/C14H18ClNO2/c1-11(14(17)16-8-3-2-4-9-16)18-13-7-5-6-12(15)10-13/h5-7,10-11H,2-4,8-9H2,1H3/t11-/m0/s1. The molecule has 18 heavy (non-hydrogen) atoms. The summed E-state index contributed by atoms with van der Waals surface area (Å²) in [4.78, 5) is 14.0. The van der Waals surface area contributed by atoms with Crippen molar-refractivity contribution >= 4 is 17.5 Å². The van der Waals surface area contributed by atoms with E-state index in [9.17, 15) is 4.79 Å². The van der Waals surface area contributed by atoms with Gasteiger partial charge < -0.3 is 9.64 Å². The number of halogens is 1. The summed E-state index contributed by atoms with van der Waals surface area (Å²) < 4.78 is 5.63. The van der Waals surface area contributed by atoms with Crippen LogP contribution in [0.4, 0.5) is 0 Å². The van der Waals surface area contributed by atoms with Gasteiger partial charge in [-0.1, -0.05) is 17.7 Å². The quantitative estimate of drug-likeness (QED) is 0.842. The first-order valence-corrected chi connectivity index (χ1v) is 6.75. The van der Waals surface area contributed by atoms with Crippen LogP contribution in [0, 0.1) is 0 Å². The first-order valence-electron chi connectivity index (χ1n) is 6.38. The molecular weight excluding hydrogens is 250 g/mol. The fourth-order valence-corrected chi connectivity index (χ4v) is 2.35. The zero-order valence-electron chi connectivity index (χ0n) is 10.6. The van der Waals surface area contributed by atoms with E-state index in [2.05, 4.69) is 0 Å². The van der Waals surface area contributed by atoms with Gasteiger partial charge in [-0.05, 0) is 44.4 Å². The van der Waals surface area contributed by atoms with Crippen molar-refractivity contribution in [2.75, 3.05) is 13.1 Å². The van der Waals surface area contributed by atoms with Crippen LogP contribution in [0.5, 0.6) is 5.75 Å². The molecule has 0 unspecified atom stereocenters. The van der Waals surface area contributed by atoms with Gasteiger partial charge in [0.1, 0.15) is 5.75 Å². The van der Waals surface area contributed by atoms with Gasteiger partial charge in [-0.15, -0.1) is 0 Å². The van der Waals surface area contributed by atoms with Gasteiger partial charge in [0.2, 0.25) is 0 Å². The van der Waals surface area contributed by atoms with Crippen molar-refractivity contribution in [1.29, 1.82) is 0 Å². The minimum absolute atomic E-state index is 0.0645. The number of carbonyl (C=O) groups is 1. The lowest BCUT2D eigenvalue weighted by molar-refractivity contribution is -0.138. The lowest BCUT2D eigenvalue weighted by Crippen LogP contribution is -2.43. The highest BCUT2D eigenvalue weighted by Crippen LogP contribution is 2.19. The van der Waals surface area contributed by atoms with E-state index in [1.807, 2.05) is 17.0 Å². The summed E-state index contributed by atoms with van der Waals surface area (Å²) in [6.45, 7) is 3.49. The average molecular weight is 268 g/mol. The van der Waals surface area contributed by atoms with E-state index in [0.717, 1.165) is 25.9 Å². The minimum atomic E-state index is -0.457. The zero-order valence-corrected chi connectivity index (χ0v) is 11.3. The van der Waals surface area contributed by atoms with E-state index in [-0.39, 0.29) is 5.91 Å². The zero-order chi connectivity index (χ0) is 13.0. The Morgan fingerprint density at radius 1 is 1.33 bits per heavy atom. The van der Waals surface area contributed by atoms with Gasteiger partial charge >= 0.3 is 0 Å². The van der Waals surface area contributed by atoms with Crippen molar-refractivity contribution in [3.8, 4) is 5.75 Å². The van der Waals surface area contributed by atoms with Gasteiger partial charge in [0.15, 0.2) is 6.10 Å². The fraction of sp³-hybridized carbons (Fsp3) is 0.500. The van der Waals surface area contributed by atoms with Crippen LogP contribution in [-0.2, 0) is 4.79 Å². The molecule has 0 N–H and O–H groups in total. The van der Waals surface area contributed by atoms with Crippen molar-refractivity contribution in [1.82, 2.24) is 4.90 Å². The molecule has 0 bridgehead atoms. The maximum absolute atomic E-state index is 12.2. The van der Waals surface area contributed by atoms with E-state index < -0.39 is 6.10 Å². The largest absolute Gasteiger partial charge is 0.481 e. The molecule has 0 spiro atoms. The number of rotatable bonds is 3. The first-order chi connectivity index (χ1) is 8.66. The topological polar surface area (TPSA) is 29.5 Å². The molecule has 98 valence electrons. The predicted molar refractivity (Wildman–Crippen MR) is 72.0 cm³/mol. The molecule has 1 aromatic carbocycles. The summed E-state index contributed by atoms with van der Waals surface area (Å²) in [7, 11) is 0. The summed E-state index contributed by atoms with van der Waals surface area (Å²) in [5.74, 6) is 0.704. The maximum atomic E-state index is 12.2. The molecule has 1 saturated heterocycles. The van der Waals surface area contributed by atoms with E-state index >= 15 is 0 Å². The van der Waals surface area contributed by atoms with Gasteiger partial charge in [-0.2, -0.15) is 0 Å².